The number of fused-ring (bicyclic) bond motifs is 1. The minimum Gasteiger partial charge on any atom is -0.478 e. The standard InChI is InChI=1S/C28H29NO8.C9H10O4/c1-4-17(27(33)37-26-19(15-30)12-11-18-9-7-8-10-20(18)26)13-22-21(14-24(32)35-5-2)23(16-31)29-25(22)28(34)36-6-3;1-3-6-7(4-10)13-5(2)8(6)9(11)12/h7-12,15-17,29H,4-6,13-14H2,1-3H3;4H,3H2,1-2H3,(H,11,12). The van der Waals surface area contributed by atoms with Crippen LogP contribution in [0.25, 0.3) is 10.8 Å². The van der Waals surface area contributed by atoms with E-state index in [2.05, 4.69) is 4.98 Å². The molecule has 13 heteroatoms. The molecule has 13 nitrogen and oxygen atoms in total. The summed E-state index contributed by atoms with van der Waals surface area (Å²) in [5, 5.41) is 10.2. The van der Waals surface area contributed by atoms with Crippen molar-refractivity contribution in [3.63, 3.8) is 0 Å². The van der Waals surface area contributed by atoms with Crippen molar-refractivity contribution < 1.29 is 57.3 Å². The normalized spacial score (nSPS) is 11.1. The van der Waals surface area contributed by atoms with Gasteiger partial charge in [-0.3, -0.25) is 24.0 Å². The first-order valence-corrected chi connectivity index (χ1v) is 16.0. The molecule has 50 heavy (non-hydrogen) atoms. The van der Waals surface area contributed by atoms with Gasteiger partial charge in [0.1, 0.15) is 22.8 Å². The van der Waals surface area contributed by atoms with Crippen LogP contribution in [0.15, 0.2) is 40.8 Å². The van der Waals surface area contributed by atoms with Crippen LogP contribution in [0.2, 0.25) is 0 Å². The number of esters is 3. The van der Waals surface area contributed by atoms with Gasteiger partial charge in [-0.25, -0.2) is 9.59 Å². The molecule has 2 N–H and O–H groups in total. The molecule has 1 atom stereocenters. The van der Waals surface area contributed by atoms with Crippen molar-refractivity contribution in [2.75, 3.05) is 13.2 Å². The number of ether oxygens (including phenoxy) is 3. The quantitative estimate of drug-likeness (QED) is 0.0852. The summed E-state index contributed by atoms with van der Waals surface area (Å²) in [5.41, 5.74) is 1.42. The van der Waals surface area contributed by atoms with E-state index in [0.29, 0.717) is 48.2 Å². The summed E-state index contributed by atoms with van der Waals surface area (Å²) in [6, 6.07) is 10.6. The van der Waals surface area contributed by atoms with Crippen LogP contribution in [0.5, 0.6) is 5.75 Å². The van der Waals surface area contributed by atoms with Crippen molar-refractivity contribution in [3.05, 3.63) is 87.1 Å². The molecular weight excluding hydrogens is 650 g/mol. The fraction of sp³-hybridized carbons (Fsp3) is 0.324. The Hall–Kier alpha value is -5.85. The van der Waals surface area contributed by atoms with Gasteiger partial charge in [0, 0.05) is 10.9 Å². The van der Waals surface area contributed by atoms with Gasteiger partial charge in [-0.05, 0) is 62.6 Å². The summed E-state index contributed by atoms with van der Waals surface area (Å²) < 4.78 is 20.9. The van der Waals surface area contributed by atoms with Crippen molar-refractivity contribution in [1.82, 2.24) is 4.98 Å². The first-order chi connectivity index (χ1) is 24.0. The SMILES string of the molecule is CCOC(=O)Cc1c(C=O)[nH]c(C(=O)OCC)c1CC(CC)C(=O)Oc1c(C=O)ccc2ccccc12.CCc1c(C=O)oc(C)c1C(=O)O. The maximum atomic E-state index is 13.4. The van der Waals surface area contributed by atoms with Crippen molar-refractivity contribution in [2.45, 2.75) is 60.3 Å². The number of aryl methyl sites for hydroxylation is 1. The highest BCUT2D eigenvalue weighted by Crippen LogP contribution is 2.31. The number of aromatic nitrogens is 1. The Morgan fingerprint density at radius 1 is 0.880 bits per heavy atom. The summed E-state index contributed by atoms with van der Waals surface area (Å²) in [7, 11) is 0. The molecule has 1 unspecified atom stereocenters. The Bertz CT molecular complexity index is 1900. The van der Waals surface area contributed by atoms with Gasteiger partial charge in [-0.1, -0.05) is 44.2 Å². The third-order valence-corrected chi connectivity index (χ3v) is 7.88. The number of nitrogens with one attached hydrogen (secondary N) is 1. The van der Waals surface area contributed by atoms with Crippen LogP contribution in [0, 0.1) is 12.8 Å². The smallest absolute Gasteiger partial charge is 0.355 e. The molecule has 4 rings (SSSR count). The highest BCUT2D eigenvalue weighted by atomic mass is 16.5. The molecule has 0 aliphatic heterocycles. The van der Waals surface area contributed by atoms with Gasteiger partial charge in [0.05, 0.1) is 36.8 Å². The second-order valence-electron chi connectivity index (χ2n) is 10.9. The van der Waals surface area contributed by atoms with E-state index in [1.807, 2.05) is 12.1 Å². The number of carbonyl (C=O) groups excluding carboxylic acids is 6. The van der Waals surface area contributed by atoms with Gasteiger partial charge in [0.25, 0.3) is 0 Å². The molecule has 2 aromatic heterocycles. The van der Waals surface area contributed by atoms with Gasteiger partial charge in [-0.15, -0.1) is 0 Å². The second-order valence-corrected chi connectivity index (χ2v) is 10.9. The van der Waals surface area contributed by atoms with E-state index >= 15 is 0 Å². The number of carboxylic acids is 1. The maximum absolute atomic E-state index is 13.4. The van der Waals surface area contributed by atoms with Gasteiger partial charge in [0.15, 0.2) is 24.6 Å². The van der Waals surface area contributed by atoms with Gasteiger partial charge in [0.2, 0.25) is 0 Å². The number of hydrogen-bond donors (Lipinski definition) is 2. The molecule has 0 spiro atoms. The highest BCUT2D eigenvalue weighted by Gasteiger charge is 2.30. The summed E-state index contributed by atoms with van der Waals surface area (Å²) in [6.45, 7) is 8.63. The number of aromatic amines is 1. The number of aromatic carboxylic acids is 1. The van der Waals surface area contributed by atoms with Crippen LogP contribution in [-0.4, -0.2) is 66.0 Å². The average molecular weight is 690 g/mol. The van der Waals surface area contributed by atoms with Gasteiger partial charge >= 0.3 is 23.9 Å². The lowest BCUT2D eigenvalue weighted by Gasteiger charge is -2.17. The van der Waals surface area contributed by atoms with Crippen molar-refractivity contribution in [3.8, 4) is 5.75 Å². The first kappa shape index (κ1) is 38.6. The zero-order valence-electron chi connectivity index (χ0n) is 28.5. The third kappa shape index (κ3) is 8.78. The number of carbonyl (C=O) groups is 7. The van der Waals surface area contributed by atoms with Gasteiger partial charge in [-0.2, -0.15) is 0 Å². The van der Waals surface area contributed by atoms with Crippen molar-refractivity contribution in [2.24, 2.45) is 5.92 Å². The Balaban J connectivity index is 0.000000436. The minimum atomic E-state index is -1.05. The van der Waals surface area contributed by atoms with E-state index in [4.69, 9.17) is 23.7 Å². The molecule has 2 aromatic carbocycles. The zero-order valence-corrected chi connectivity index (χ0v) is 28.5. The molecule has 0 bridgehead atoms. The predicted octanol–water partition coefficient (Wildman–Crippen LogP) is 5.91. The van der Waals surface area contributed by atoms with Crippen LogP contribution < -0.4 is 4.74 Å². The lowest BCUT2D eigenvalue weighted by molar-refractivity contribution is -0.142. The fourth-order valence-electron chi connectivity index (χ4n) is 5.49. The van der Waals surface area contributed by atoms with E-state index in [-0.39, 0.29) is 71.4 Å². The molecule has 0 aliphatic carbocycles. The van der Waals surface area contributed by atoms with Crippen LogP contribution >= 0.6 is 0 Å². The molecule has 0 amide bonds. The number of rotatable bonds is 15. The molecule has 4 aromatic rings. The number of hydrogen-bond acceptors (Lipinski definition) is 11. The lowest BCUT2D eigenvalue weighted by atomic mass is 9.92. The topological polar surface area (TPSA) is 196 Å². The molecule has 0 fully saturated rings. The number of H-pyrrole nitrogens is 1. The maximum Gasteiger partial charge on any atom is 0.355 e. The third-order valence-electron chi connectivity index (χ3n) is 7.88. The highest BCUT2D eigenvalue weighted by molar-refractivity contribution is 5.98. The van der Waals surface area contributed by atoms with E-state index in [1.165, 1.54) is 6.92 Å². The van der Waals surface area contributed by atoms with Gasteiger partial charge < -0.3 is 28.7 Å². The van der Waals surface area contributed by atoms with Crippen molar-refractivity contribution in [1.29, 1.82) is 0 Å². The molecule has 0 saturated carbocycles. The Labute approximate surface area is 287 Å². The minimum absolute atomic E-state index is 0.00626. The van der Waals surface area contributed by atoms with E-state index in [1.54, 1.807) is 52.0 Å². The average Bonchev–Trinajstić information content (AvgIpc) is 3.63. The first-order valence-electron chi connectivity index (χ1n) is 16.0. The molecule has 264 valence electrons. The molecule has 0 saturated heterocycles. The van der Waals surface area contributed by atoms with E-state index in [0.717, 1.165) is 5.39 Å². The molecule has 0 aliphatic rings. The Morgan fingerprint density at radius 2 is 1.58 bits per heavy atom. The molecular formula is C37H39NO12. The number of carboxylic acid groups (broad SMARTS) is 1. The lowest BCUT2D eigenvalue weighted by Crippen LogP contribution is -2.24. The molecule has 2 heterocycles. The van der Waals surface area contributed by atoms with Crippen molar-refractivity contribution >= 4 is 53.5 Å². The Kier molecular flexibility index (Phi) is 13.9. The number of benzene rings is 2. The summed E-state index contributed by atoms with van der Waals surface area (Å²) >= 11 is 0. The summed E-state index contributed by atoms with van der Waals surface area (Å²) in [4.78, 5) is 85.7. The predicted molar refractivity (Wildman–Crippen MR) is 180 cm³/mol. The molecule has 0 radical (unpaired) electrons. The van der Waals surface area contributed by atoms with Crippen LogP contribution in [0.3, 0.4) is 0 Å². The Morgan fingerprint density at radius 3 is 2.16 bits per heavy atom. The van der Waals surface area contributed by atoms with Crippen LogP contribution in [0.4, 0.5) is 0 Å². The summed E-state index contributed by atoms with van der Waals surface area (Å²) in [5.74, 6) is -3.17. The monoisotopic (exact) mass is 689 g/mol. The largest absolute Gasteiger partial charge is 0.478 e. The fourth-order valence-corrected chi connectivity index (χ4v) is 5.49. The number of furan rings is 1. The van der Waals surface area contributed by atoms with Crippen LogP contribution in [-0.2, 0) is 38.3 Å². The van der Waals surface area contributed by atoms with E-state index < -0.39 is 29.8 Å². The zero-order chi connectivity index (χ0) is 37.0. The van der Waals surface area contributed by atoms with Crippen LogP contribution in [0.1, 0.15) is 109 Å². The van der Waals surface area contributed by atoms with E-state index in [9.17, 15) is 33.6 Å². The number of aldehydes is 3. The summed E-state index contributed by atoms with van der Waals surface area (Å²) in [6.07, 6.45) is 2.19. The second kappa shape index (κ2) is 18.1.